The van der Waals surface area contributed by atoms with Crippen molar-refractivity contribution in [2.24, 2.45) is 11.1 Å². The third-order valence-corrected chi connectivity index (χ3v) is 4.22. The van der Waals surface area contributed by atoms with Gasteiger partial charge in [-0.05, 0) is 44.1 Å². The van der Waals surface area contributed by atoms with Crippen LogP contribution < -0.4 is 11.1 Å². The van der Waals surface area contributed by atoms with Crippen LogP contribution in [0.3, 0.4) is 0 Å². The van der Waals surface area contributed by atoms with Gasteiger partial charge in [-0.15, -0.1) is 0 Å². The van der Waals surface area contributed by atoms with Crippen LogP contribution in [0.1, 0.15) is 52.9 Å². The van der Waals surface area contributed by atoms with E-state index in [1.54, 1.807) is 0 Å². The molecule has 2 nitrogen and oxygen atoms in total. The lowest BCUT2D eigenvalue weighted by Crippen LogP contribution is -2.54. The predicted molar refractivity (Wildman–Crippen MR) is 62.3 cm³/mol. The lowest BCUT2D eigenvalue weighted by molar-refractivity contribution is 0.147. The van der Waals surface area contributed by atoms with Crippen molar-refractivity contribution in [2.75, 3.05) is 13.1 Å². The van der Waals surface area contributed by atoms with Gasteiger partial charge in [0.2, 0.25) is 0 Å². The van der Waals surface area contributed by atoms with Crippen molar-refractivity contribution >= 4 is 0 Å². The van der Waals surface area contributed by atoms with Crippen LogP contribution >= 0.6 is 0 Å². The zero-order chi connectivity index (χ0) is 10.7. The van der Waals surface area contributed by atoms with Gasteiger partial charge in [0.15, 0.2) is 0 Å². The summed E-state index contributed by atoms with van der Waals surface area (Å²) in [7, 11) is 0. The molecule has 0 aromatic rings. The minimum Gasteiger partial charge on any atom is -0.330 e. The summed E-state index contributed by atoms with van der Waals surface area (Å²) in [4.78, 5) is 0. The lowest BCUT2D eigenvalue weighted by atomic mass is 9.74. The van der Waals surface area contributed by atoms with Gasteiger partial charge in [0, 0.05) is 12.1 Å². The molecule has 1 saturated carbocycles. The third kappa shape index (κ3) is 2.48. The molecule has 0 amide bonds. The Bertz CT molecular complexity index is 151. The van der Waals surface area contributed by atoms with Crippen LogP contribution in [0.25, 0.3) is 0 Å². The van der Waals surface area contributed by atoms with Crippen LogP contribution in [0.4, 0.5) is 0 Å². The standard InChI is InChI=1S/C12H26N2/c1-4-11(3,9-13)10-14-12(5-2)7-6-8-12/h14H,4-10,13H2,1-3H3. The van der Waals surface area contributed by atoms with Crippen LogP contribution in [-0.2, 0) is 0 Å². The molecule has 0 radical (unpaired) electrons. The van der Waals surface area contributed by atoms with Crippen molar-refractivity contribution in [1.82, 2.24) is 5.32 Å². The van der Waals surface area contributed by atoms with Crippen molar-refractivity contribution in [2.45, 2.75) is 58.4 Å². The summed E-state index contributed by atoms with van der Waals surface area (Å²) >= 11 is 0. The van der Waals surface area contributed by atoms with Crippen LogP contribution in [0.2, 0.25) is 0 Å². The van der Waals surface area contributed by atoms with E-state index in [2.05, 4.69) is 26.1 Å². The molecule has 1 unspecified atom stereocenters. The van der Waals surface area contributed by atoms with Crippen LogP contribution in [0.15, 0.2) is 0 Å². The molecule has 0 aromatic carbocycles. The molecule has 14 heavy (non-hydrogen) atoms. The van der Waals surface area contributed by atoms with Gasteiger partial charge in [0.1, 0.15) is 0 Å². The summed E-state index contributed by atoms with van der Waals surface area (Å²) in [6.45, 7) is 8.66. The summed E-state index contributed by atoms with van der Waals surface area (Å²) in [5.41, 5.74) is 6.56. The topological polar surface area (TPSA) is 38.0 Å². The Balaban J connectivity index is 2.37. The summed E-state index contributed by atoms with van der Waals surface area (Å²) in [6, 6.07) is 0. The Morgan fingerprint density at radius 2 is 2.00 bits per heavy atom. The molecule has 1 rings (SSSR count). The zero-order valence-corrected chi connectivity index (χ0v) is 10.0. The second-order valence-corrected chi connectivity index (χ2v) is 5.21. The molecule has 2 heteroatoms. The minimum absolute atomic E-state index is 0.289. The molecule has 1 aliphatic carbocycles. The maximum absolute atomic E-state index is 5.81. The van der Waals surface area contributed by atoms with E-state index in [1.807, 2.05) is 0 Å². The average molecular weight is 198 g/mol. The molecule has 0 aliphatic heterocycles. The molecular weight excluding hydrogens is 172 g/mol. The van der Waals surface area contributed by atoms with Gasteiger partial charge >= 0.3 is 0 Å². The predicted octanol–water partition coefficient (Wildman–Crippen LogP) is 2.28. The van der Waals surface area contributed by atoms with E-state index in [1.165, 1.54) is 25.7 Å². The van der Waals surface area contributed by atoms with Gasteiger partial charge in [-0.1, -0.05) is 20.8 Å². The van der Waals surface area contributed by atoms with Gasteiger partial charge in [0.05, 0.1) is 0 Å². The average Bonchev–Trinajstić information content (AvgIpc) is 2.16. The zero-order valence-electron chi connectivity index (χ0n) is 10.0. The highest BCUT2D eigenvalue weighted by atomic mass is 15.0. The summed E-state index contributed by atoms with van der Waals surface area (Å²) in [5.74, 6) is 0. The van der Waals surface area contributed by atoms with Gasteiger partial charge in [0.25, 0.3) is 0 Å². The first-order valence-corrected chi connectivity index (χ1v) is 6.05. The minimum atomic E-state index is 0.289. The smallest absolute Gasteiger partial charge is 0.0179 e. The van der Waals surface area contributed by atoms with E-state index in [4.69, 9.17) is 5.73 Å². The largest absolute Gasteiger partial charge is 0.330 e. The first kappa shape index (κ1) is 12.0. The number of nitrogens with one attached hydrogen (secondary N) is 1. The number of nitrogens with two attached hydrogens (primary N) is 1. The molecular formula is C12H26N2. The van der Waals surface area contributed by atoms with Crippen LogP contribution in [0, 0.1) is 5.41 Å². The highest BCUT2D eigenvalue weighted by Crippen LogP contribution is 2.35. The third-order valence-electron chi connectivity index (χ3n) is 4.22. The van der Waals surface area contributed by atoms with E-state index >= 15 is 0 Å². The Morgan fingerprint density at radius 3 is 2.29 bits per heavy atom. The molecule has 0 heterocycles. The maximum atomic E-state index is 5.81. The van der Waals surface area contributed by atoms with Crippen molar-refractivity contribution in [3.63, 3.8) is 0 Å². The fraction of sp³-hybridized carbons (Fsp3) is 1.00. The fourth-order valence-electron chi connectivity index (χ4n) is 2.00. The number of rotatable bonds is 6. The molecule has 0 spiro atoms. The SMILES string of the molecule is CCC(C)(CN)CNC1(CC)CCC1. The van der Waals surface area contributed by atoms with Gasteiger partial charge in [-0.3, -0.25) is 0 Å². The van der Waals surface area contributed by atoms with E-state index in [9.17, 15) is 0 Å². The van der Waals surface area contributed by atoms with Crippen molar-refractivity contribution in [3.8, 4) is 0 Å². The summed E-state index contributed by atoms with van der Waals surface area (Å²) in [5, 5.41) is 3.74. The van der Waals surface area contributed by atoms with Crippen LogP contribution in [-0.4, -0.2) is 18.6 Å². The first-order valence-electron chi connectivity index (χ1n) is 6.05. The molecule has 0 aromatic heterocycles. The van der Waals surface area contributed by atoms with E-state index in [0.717, 1.165) is 19.5 Å². The highest BCUT2D eigenvalue weighted by Gasteiger charge is 2.36. The fourth-order valence-corrected chi connectivity index (χ4v) is 2.00. The molecule has 1 atom stereocenters. The van der Waals surface area contributed by atoms with Gasteiger partial charge in [-0.25, -0.2) is 0 Å². The Morgan fingerprint density at radius 1 is 1.36 bits per heavy atom. The Hall–Kier alpha value is -0.0800. The summed E-state index contributed by atoms with van der Waals surface area (Å²) in [6.07, 6.45) is 6.53. The monoisotopic (exact) mass is 198 g/mol. The molecule has 1 aliphatic rings. The second kappa shape index (κ2) is 4.63. The number of hydrogen-bond donors (Lipinski definition) is 2. The molecule has 1 fully saturated rings. The van der Waals surface area contributed by atoms with Crippen LogP contribution in [0.5, 0.6) is 0 Å². The van der Waals surface area contributed by atoms with Crippen molar-refractivity contribution in [1.29, 1.82) is 0 Å². The van der Waals surface area contributed by atoms with E-state index in [0.29, 0.717) is 5.54 Å². The molecule has 0 bridgehead atoms. The Labute approximate surface area is 88.6 Å². The van der Waals surface area contributed by atoms with Gasteiger partial charge < -0.3 is 11.1 Å². The molecule has 0 saturated heterocycles. The first-order chi connectivity index (χ1) is 6.60. The van der Waals surface area contributed by atoms with Crippen molar-refractivity contribution in [3.05, 3.63) is 0 Å². The van der Waals surface area contributed by atoms with Gasteiger partial charge in [-0.2, -0.15) is 0 Å². The molecule has 84 valence electrons. The number of hydrogen-bond acceptors (Lipinski definition) is 2. The summed E-state index contributed by atoms with van der Waals surface area (Å²) < 4.78 is 0. The normalized spacial score (nSPS) is 24.0. The highest BCUT2D eigenvalue weighted by molar-refractivity contribution is 4.96. The quantitative estimate of drug-likeness (QED) is 0.687. The second-order valence-electron chi connectivity index (χ2n) is 5.21. The molecule has 3 N–H and O–H groups in total. The maximum Gasteiger partial charge on any atom is 0.0179 e. The van der Waals surface area contributed by atoms with Crippen molar-refractivity contribution < 1.29 is 0 Å². The Kier molecular flexibility index (Phi) is 3.96. The lowest BCUT2D eigenvalue weighted by Gasteiger charge is -2.44. The van der Waals surface area contributed by atoms with E-state index < -0.39 is 0 Å². The van der Waals surface area contributed by atoms with E-state index in [-0.39, 0.29) is 5.41 Å².